The summed E-state index contributed by atoms with van der Waals surface area (Å²) in [5, 5.41) is 0. The quantitative estimate of drug-likeness (QED) is 0.288. The van der Waals surface area contributed by atoms with E-state index in [0.717, 1.165) is 12.3 Å². The van der Waals surface area contributed by atoms with Gasteiger partial charge in [-0.25, -0.2) is 0 Å². The molecule has 0 saturated heterocycles. The SMILES string of the molecule is ClC=CCCCCCCCCCCCCCl. The molecule has 0 radical (unpaired) electrons. The van der Waals surface area contributed by atoms with E-state index < -0.39 is 0 Å². The molecule has 0 aliphatic rings. The number of halogens is 2. The van der Waals surface area contributed by atoms with Crippen molar-refractivity contribution in [1.29, 1.82) is 0 Å². The summed E-state index contributed by atoms with van der Waals surface area (Å²) in [5.74, 6) is 0.830. The van der Waals surface area contributed by atoms with E-state index in [-0.39, 0.29) is 0 Å². The van der Waals surface area contributed by atoms with Crippen molar-refractivity contribution in [3.8, 4) is 0 Å². The van der Waals surface area contributed by atoms with Crippen molar-refractivity contribution in [2.45, 2.75) is 70.6 Å². The van der Waals surface area contributed by atoms with Crippen LogP contribution in [0.1, 0.15) is 70.6 Å². The van der Waals surface area contributed by atoms with Gasteiger partial charge in [0.05, 0.1) is 0 Å². The molecule has 0 unspecified atom stereocenters. The average Bonchev–Trinajstić information content (AvgIpc) is 2.31. The Labute approximate surface area is 111 Å². The molecule has 2 heteroatoms. The van der Waals surface area contributed by atoms with Crippen LogP contribution in [0, 0.1) is 0 Å². The number of allylic oxidation sites excluding steroid dienone is 1. The van der Waals surface area contributed by atoms with Crippen molar-refractivity contribution in [2.75, 3.05) is 5.88 Å². The minimum Gasteiger partial charge on any atom is -0.127 e. The second kappa shape index (κ2) is 15.3. The molecular weight excluding hydrogens is 239 g/mol. The molecule has 0 amide bonds. The fourth-order valence-electron chi connectivity index (χ4n) is 1.83. The summed E-state index contributed by atoms with van der Waals surface area (Å²) in [5.41, 5.74) is 1.63. The van der Waals surface area contributed by atoms with E-state index >= 15 is 0 Å². The van der Waals surface area contributed by atoms with E-state index in [1.54, 1.807) is 5.54 Å². The fraction of sp³-hybridized carbons (Fsp3) is 0.857. The van der Waals surface area contributed by atoms with Gasteiger partial charge in [-0.1, -0.05) is 69.0 Å². The Morgan fingerprint density at radius 1 is 0.625 bits per heavy atom. The maximum atomic E-state index is 5.62. The zero-order chi connectivity index (χ0) is 11.9. The van der Waals surface area contributed by atoms with Gasteiger partial charge in [-0.3, -0.25) is 0 Å². The van der Waals surface area contributed by atoms with Gasteiger partial charge in [0, 0.05) is 11.4 Å². The van der Waals surface area contributed by atoms with Crippen LogP contribution in [0.15, 0.2) is 11.6 Å². The highest BCUT2D eigenvalue weighted by atomic mass is 35.5. The van der Waals surface area contributed by atoms with Gasteiger partial charge in [0.1, 0.15) is 0 Å². The first kappa shape index (κ1) is 16.3. The monoisotopic (exact) mass is 264 g/mol. The van der Waals surface area contributed by atoms with Crippen LogP contribution in [-0.4, -0.2) is 5.88 Å². The van der Waals surface area contributed by atoms with Crippen LogP contribution in [0.2, 0.25) is 0 Å². The highest BCUT2D eigenvalue weighted by Crippen LogP contribution is 2.11. The second-order valence-corrected chi connectivity index (χ2v) is 5.00. The van der Waals surface area contributed by atoms with E-state index in [0.29, 0.717) is 0 Å². The Bertz CT molecular complexity index is 144. The summed E-state index contributed by atoms with van der Waals surface area (Å²) in [6, 6.07) is 0. The van der Waals surface area contributed by atoms with Crippen molar-refractivity contribution in [3.63, 3.8) is 0 Å². The summed E-state index contributed by atoms with van der Waals surface area (Å²) in [7, 11) is 0. The van der Waals surface area contributed by atoms with Gasteiger partial charge in [0.2, 0.25) is 0 Å². The minimum absolute atomic E-state index is 0.830. The molecule has 0 spiro atoms. The molecule has 0 aliphatic carbocycles. The second-order valence-electron chi connectivity index (χ2n) is 4.37. The maximum Gasteiger partial charge on any atom is 0.0223 e. The normalized spacial score (nSPS) is 11.4. The Morgan fingerprint density at radius 2 is 1.06 bits per heavy atom. The van der Waals surface area contributed by atoms with E-state index in [1.165, 1.54) is 64.2 Å². The maximum absolute atomic E-state index is 5.62. The summed E-state index contributed by atoms with van der Waals surface area (Å²) in [6.45, 7) is 0. The van der Waals surface area contributed by atoms with Crippen molar-refractivity contribution < 1.29 is 0 Å². The molecule has 0 aromatic carbocycles. The van der Waals surface area contributed by atoms with E-state index in [2.05, 4.69) is 0 Å². The van der Waals surface area contributed by atoms with Crippen LogP contribution in [-0.2, 0) is 0 Å². The topological polar surface area (TPSA) is 0 Å². The molecule has 0 fully saturated rings. The first-order chi connectivity index (χ1) is 7.91. The van der Waals surface area contributed by atoms with Gasteiger partial charge in [0.15, 0.2) is 0 Å². The Morgan fingerprint density at radius 3 is 1.50 bits per heavy atom. The summed E-state index contributed by atoms with van der Waals surface area (Å²) >= 11 is 11.1. The van der Waals surface area contributed by atoms with Crippen LogP contribution in [0.3, 0.4) is 0 Å². The van der Waals surface area contributed by atoms with Crippen LogP contribution in [0.5, 0.6) is 0 Å². The third kappa shape index (κ3) is 14.3. The van der Waals surface area contributed by atoms with Crippen LogP contribution in [0.25, 0.3) is 0 Å². The van der Waals surface area contributed by atoms with E-state index in [1.807, 2.05) is 6.08 Å². The third-order valence-corrected chi connectivity index (χ3v) is 3.29. The molecule has 0 aromatic heterocycles. The van der Waals surface area contributed by atoms with Gasteiger partial charge < -0.3 is 0 Å². The van der Waals surface area contributed by atoms with Gasteiger partial charge in [0.25, 0.3) is 0 Å². The molecule has 0 N–H and O–H groups in total. The average molecular weight is 265 g/mol. The molecule has 0 bridgehead atoms. The van der Waals surface area contributed by atoms with Gasteiger partial charge in [-0.15, -0.1) is 11.6 Å². The molecule has 0 aromatic rings. The Balaban J connectivity index is 2.88. The lowest BCUT2D eigenvalue weighted by molar-refractivity contribution is 0.558. The largest absolute Gasteiger partial charge is 0.127 e. The number of hydrogen-bond donors (Lipinski definition) is 0. The minimum atomic E-state index is 0.830. The number of alkyl halides is 1. The fourth-order valence-corrected chi connectivity index (χ4v) is 2.15. The standard InChI is InChI=1S/C14H26Cl2/c15-13-11-9-7-5-3-1-2-4-6-8-10-12-14-16/h11,13H,1-10,12,14H2. The van der Waals surface area contributed by atoms with Crippen molar-refractivity contribution in [1.82, 2.24) is 0 Å². The molecule has 0 aliphatic heterocycles. The van der Waals surface area contributed by atoms with Crippen LogP contribution in [0.4, 0.5) is 0 Å². The zero-order valence-corrected chi connectivity index (χ0v) is 11.9. The Hall–Kier alpha value is 0.320. The predicted molar refractivity (Wildman–Crippen MR) is 76.5 cm³/mol. The Kier molecular flexibility index (Phi) is 15.6. The van der Waals surface area contributed by atoms with Gasteiger partial charge >= 0.3 is 0 Å². The number of unbranched alkanes of at least 4 members (excludes halogenated alkanes) is 10. The van der Waals surface area contributed by atoms with Crippen molar-refractivity contribution in [3.05, 3.63) is 11.6 Å². The summed E-state index contributed by atoms with van der Waals surface area (Å²) < 4.78 is 0. The molecule has 16 heavy (non-hydrogen) atoms. The van der Waals surface area contributed by atoms with Gasteiger partial charge in [-0.05, 0) is 19.3 Å². The van der Waals surface area contributed by atoms with Crippen LogP contribution < -0.4 is 0 Å². The molecule has 0 atom stereocenters. The summed E-state index contributed by atoms with van der Waals surface area (Å²) in [6.07, 6.45) is 16.7. The highest BCUT2D eigenvalue weighted by Gasteiger charge is 1.92. The van der Waals surface area contributed by atoms with Crippen LogP contribution >= 0.6 is 23.2 Å². The molecule has 96 valence electrons. The molecule has 0 rings (SSSR count). The van der Waals surface area contributed by atoms with Crippen molar-refractivity contribution in [2.24, 2.45) is 0 Å². The predicted octanol–water partition coefficient (Wildman–Crippen LogP) is 6.27. The lowest BCUT2D eigenvalue weighted by Gasteiger charge is -2.01. The smallest absolute Gasteiger partial charge is 0.0223 e. The first-order valence-corrected chi connectivity index (χ1v) is 7.70. The molecule has 0 heterocycles. The lowest BCUT2D eigenvalue weighted by Crippen LogP contribution is -1.82. The molecule has 0 saturated carbocycles. The number of hydrogen-bond acceptors (Lipinski definition) is 0. The van der Waals surface area contributed by atoms with E-state index in [4.69, 9.17) is 23.2 Å². The first-order valence-electron chi connectivity index (χ1n) is 6.73. The molecular formula is C14H26Cl2. The van der Waals surface area contributed by atoms with Gasteiger partial charge in [-0.2, -0.15) is 0 Å². The highest BCUT2D eigenvalue weighted by molar-refractivity contribution is 6.25. The lowest BCUT2D eigenvalue weighted by atomic mass is 10.1. The third-order valence-electron chi connectivity index (χ3n) is 2.84. The van der Waals surface area contributed by atoms with Crippen molar-refractivity contribution >= 4 is 23.2 Å². The zero-order valence-electron chi connectivity index (χ0n) is 10.4. The summed E-state index contributed by atoms with van der Waals surface area (Å²) in [4.78, 5) is 0. The number of rotatable bonds is 12. The van der Waals surface area contributed by atoms with E-state index in [9.17, 15) is 0 Å². The molecule has 0 nitrogen and oxygen atoms in total.